The highest BCUT2D eigenvalue weighted by Crippen LogP contribution is 2.11. The van der Waals surface area contributed by atoms with Crippen LogP contribution >= 0.6 is 21.4 Å². The van der Waals surface area contributed by atoms with Crippen molar-refractivity contribution in [3.8, 4) is 0 Å². The van der Waals surface area contributed by atoms with Crippen LogP contribution in [0.25, 0.3) is 0 Å². The van der Waals surface area contributed by atoms with Crippen LogP contribution in [0.4, 0.5) is 5.69 Å². The van der Waals surface area contributed by atoms with Gasteiger partial charge >= 0.3 is 8.26 Å². The number of hydrogen-bond donors (Lipinski definition) is 0. The van der Waals surface area contributed by atoms with Crippen molar-refractivity contribution in [3.63, 3.8) is 0 Å². The summed E-state index contributed by atoms with van der Waals surface area (Å²) in [5.41, 5.74) is 1.32. The Hall–Kier alpha value is -0.450. The number of nitrogens with zero attached hydrogens (tertiary/aromatic N) is 1. The summed E-state index contributed by atoms with van der Waals surface area (Å²) in [6.07, 6.45) is 0. The quantitative estimate of drug-likeness (QED) is 0.800. The van der Waals surface area contributed by atoms with Gasteiger partial charge in [-0.25, -0.2) is 0 Å². The topological polar surface area (TPSA) is 37.4 Å². The predicted octanol–water partition coefficient (Wildman–Crippen LogP) is 3.24. The molecule has 0 aliphatic carbocycles. The third-order valence-electron chi connectivity index (χ3n) is 1.88. The Morgan fingerprint density at radius 1 is 1.06 bits per heavy atom. The zero-order valence-corrected chi connectivity index (χ0v) is 11.6. The van der Waals surface area contributed by atoms with Crippen molar-refractivity contribution in [2.75, 3.05) is 18.0 Å². The SMILES string of the molecule is CCN(CC)c1ccccc1.O=S(=O)(Cl)Cl. The van der Waals surface area contributed by atoms with E-state index >= 15 is 0 Å². The Kier molecular flexibility index (Phi) is 7.55. The fraction of sp³-hybridized carbons (Fsp3) is 0.400. The fourth-order valence-corrected chi connectivity index (χ4v) is 1.23. The van der Waals surface area contributed by atoms with E-state index in [-0.39, 0.29) is 0 Å². The monoisotopic (exact) mass is 283 g/mol. The molecule has 16 heavy (non-hydrogen) atoms. The van der Waals surface area contributed by atoms with E-state index in [2.05, 4.69) is 64.4 Å². The molecule has 0 heterocycles. The van der Waals surface area contributed by atoms with Gasteiger partial charge in [0, 0.05) is 40.1 Å². The molecule has 0 N–H and O–H groups in total. The van der Waals surface area contributed by atoms with Crippen LogP contribution in [0.5, 0.6) is 0 Å². The summed E-state index contributed by atoms with van der Waals surface area (Å²) in [5, 5.41) is 0. The second-order valence-electron chi connectivity index (χ2n) is 2.89. The third kappa shape index (κ3) is 8.83. The molecule has 0 aliphatic rings. The molecule has 0 saturated carbocycles. The van der Waals surface area contributed by atoms with Gasteiger partial charge in [-0.15, -0.1) is 0 Å². The van der Waals surface area contributed by atoms with E-state index < -0.39 is 8.26 Å². The summed E-state index contributed by atoms with van der Waals surface area (Å²) >= 11 is 0. The number of anilines is 1. The molecule has 0 unspecified atom stereocenters. The molecule has 0 aliphatic heterocycles. The van der Waals surface area contributed by atoms with Gasteiger partial charge in [-0.3, -0.25) is 0 Å². The molecule has 0 saturated heterocycles. The lowest BCUT2D eigenvalue weighted by Crippen LogP contribution is -2.21. The van der Waals surface area contributed by atoms with Crippen molar-refractivity contribution in [1.82, 2.24) is 0 Å². The van der Waals surface area contributed by atoms with Crippen molar-refractivity contribution in [2.45, 2.75) is 13.8 Å². The lowest BCUT2D eigenvalue weighted by atomic mass is 10.3. The summed E-state index contributed by atoms with van der Waals surface area (Å²) in [4.78, 5) is 2.33. The lowest BCUT2D eigenvalue weighted by Gasteiger charge is -2.20. The molecule has 92 valence electrons. The van der Waals surface area contributed by atoms with Gasteiger partial charge in [0.25, 0.3) is 0 Å². The van der Waals surface area contributed by atoms with E-state index in [1.54, 1.807) is 0 Å². The van der Waals surface area contributed by atoms with E-state index in [1.807, 2.05) is 6.07 Å². The Bertz CT molecular complexity index is 369. The molecule has 0 radical (unpaired) electrons. The highest BCUT2D eigenvalue weighted by Gasteiger charge is 1.97. The summed E-state index contributed by atoms with van der Waals surface area (Å²) < 4.78 is 18.3. The zero-order valence-electron chi connectivity index (χ0n) is 9.23. The van der Waals surface area contributed by atoms with Crippen LogP contribution < -0.4 is 4.90 Å². The Morgan fingerprint density at radius 3 is 1.75 bits per heavy atom. The van der Waals surface area contributed by atoms with Gasteiger partial charge in [-0.05, 0) is 26.0 Å². The van der Waals surface area contributed by atoms with Crippen LogP contribution in [-0.2, 0) is 8.26 Å². The Labute approximate surface area is 106 Å². The van der Waals surface area contributed by atoms with Crippen molar-refractivity contribution >= 4 is 35.3 Å². The molecule has 1 aromatic rings. The maximum atomic E-state index is 9.16. The van der Waals surface area contributed by atoms with E-state index in [1.165, 1.54) is 5.69 Å². The fourth-order valence-electron chi connectivity index (χ4n) is 1.23. The van der Waals surface area contributed by atoms with Crippen molar-refractivity contribution in [2.24, 2.45) is 0 Å². The first kappa shape index (κ1) is 15.5. The first-order chi connectivity index (χ1) is 7.38. The molecular formula is C10H15Cl2NO2S. The highest BCUT2D eigenvalue weighted by atomic mass is 36.0. The van der Waals surface area contributed by atoms with Crippen LogP contribution in [0.1, 0.15) is 13.8 Å². The van der Waals surface area contributed by atoms with Crippen LogP contribution in [0.3, 0.4) is 0 Å². The second kappa shape index (κ2) is 7.76. The molecule has 0 fully saturated rings. The molecule has 0 spiro atoms. The number of hydrogen-bond acceptors (Lipinski definition) is 3. The average Bonchev–Trinajstić information content (AvgIpc) is 2.19. The van der Waals surface area contributed by atoms with E-state index in [9.17, 15) is 0 Å². The van der Waals surface area contributed by atoms with Crippen LogP contribution in [0.2, 0.25) is 0 Å². The van der Waals surface area contributed by atoms with Gasteiger partial charge in [-0.1, -0.05) is 18.2 Å². The lowest BCUT2D eigenvalue weighted by molar-refractivity contribution is 0.621. The van der Waals surface area contributed by atoms with Gasteiger partial charge < -0.3 is 4.90 Å². The summed E-state index contributed by atoms with van der Waals surface area (Å²) in [5.74, 6) is 0. The molecule has 0 amide bonds. The van der Waals surface area contributed by atoms with E-state index in [0.717, 1.165) is 13.1 Å². The first-order valence-corrected chi connectivity index (χ1v) is 7.96. The van der Waals surface area contributed by atoms with Gasteiger partial charge in [0.05, 0.1) is 0 Å². The number of halogens is 2. The minimum absolute atomic E-state index is 1.08. The van der Waals surface area contributed by atoms with Gasteiger partial charge in [-0.2, -0.15) is 8.42 Å². The van der Waals surface area contributed by atoms with Gasteiger partial charge in [0.1, 0.15) is 0 Å². The minimum Gasteiger partial charge on any atom is -0.372 e. The van der Waals surface area contributed by atoms with E-state index in [0.29, 0.717) is 0 Å². The maximum Gasteiger partial charge on any atom is 0.317 e. The summed E-state index contributed by atoms with van der Waals surface area (Å²) in [7, 11) is 4.81. The van der Waals surface area contributed by atoms with Crippen LogP contribution in [0.15, 0.2) is 30.3 Å². The molecule has 0 atom stereocenters. The summed E-state index contributed by atoms with van der Waals surface area (Å²) in [6, 6.07) is 10.5. The van der Waals surface area contributed by atoms with Gasteiger partial charge in [0.15, 0.2) is 0 Å². The first-order valence-electron chi connectivity index (χ1n) is 4.82. The molecule has 6 heteroatoms. The molecule has 3 nitrogen and oxygen atoms in total. The normalized spacial score (nSPS) is 10.2. The predicted molar refractivity (Wildman–Crippen MR) is 70.6 cm³/mol. The number of benzene rings is 1. The van der Waals surface area contributed by atoms with Crippen LogP contribution in [-0.4, -0.2) is 21.5 Å². The van der Waals surface area contributed by atoms with E-state index in [4.69, 9.17) is 8.42 Å². The molecule has 0 bridgehead atoms. The van der Waals surface area contributed by atoms with Gasteiger partial charge in [0.2, 0.25) is 0 Å². The Balaban J connectivity index is 0.000000385. The number of rotatable bonds is 3. The Morgan fingerprint density at radius 2 is 1.44 bits per heavy atom. The largest absolute Gasteiger partial charge is 0.372 e. The standard InChI is InChI=1S/C10H15N.Cl2O2S/c1-3-11(4-2)10-8-6-5-7-9-10;1-5(2,3)4/h5-9H,3-4H2,1-2H3;. The number of para-hydroxylation sites is 1. The second-order valence-corrected chi connectivity index (χ2v) is 6.55. The van der Waals surface area contributed by atoms with Crippen molar-refractivity contribution in [3.05, 3.63) is 30.3 Å². The maximum absolute atomic E-state index is 9.16. The zero-order chi connectivity index (χ0) is 12.6. The molecule has 0 aromatic heterocycles. The molecule has 1 rings (SSSR count). The molecular weight excluding hydrogens is 269 g/mol. The third-order valence-corrected chi connectivity index (χ3v) is 1.88. The van der Waals surface area contributed by atoms with Crippen molar-refractivity contribution < 1.29 is 8.42 Å². The minimum atomic E-state index is -3.72. The molecule has 1 aromatic carbocycles. The van der Waals surface area contributed by atoms with Crippen LogP contribution in [0, 0.1) is 0 Å². The average molecular weight is 284 g/mol. The summed E-state index contributed by atoms with van der Waals surface area (Å²) in [6.45, 7) is 6.52. The van der Waals surface area contributed by atoms with Crippen molar-refractivity contribution in [1.29, 1.82) is 0 Å². The smallest absolute Gasteiger partial charge is 0.317 e. The highest BCUT2D eigenvalue weighted by molar-refractivity contribution is 8.31.